The molecule has 6 nitrogen and oxygen atoms in total. The summed E-state index contributed by atoms with van der Waals surface area (Å²) in [5.41, 5.74) is 4.39. The maximum Gasteiger partial charge on any atom is 0.262 e. The zero-order valence-electron chi connectivity index (χ0n) is 17.5. The molecule has 158 valence electrons. The summed E-state index contributed by atoms with van der Waals surface area (Å²) < 4.78 is 11.0. The van der Waals surface area contributed by atoms with Crippen LogP contribution in [0.2, 0.25) is 0 Å². The number of hydrogen-bond acceptors (Lipinski definition) is 5. The van der Waals surface area contributed by atoms with Crippen LogP contribution in [0.3, 0.4) is 0 Å². The summed E-state index contributed by atoms with van der Waals surface area (Å²) in [6.45, 7) is 3.28. The fourth-order valence-corrected chi connectivity index (χ4v) is 4.25. The van der Waals surface area contributed by atoms with Crippen molar-refractivity contribution in [3.05, 3.63) is 83.9 Å². The molecule has 0 spiro atoms. The van der Waals surface area contributed by atoms with Crippen LogP contribution in [0.5, 0.6) is 5.75 Å². The normalized spacial score (nSPS) is 18.4. The molecule has 3 aromatic rings. The fourth-order valence-electron chi connectivity index (χ4n) is 4.25. The van der Waals surface area contributed by atoms with Crippen molar-refractivity contribution in [2.24, 2.45) is 0 Å². The summed E-state index contributed by atoms with van der Waals surface area (Å²) in [5.74, 6) is 0.605. The smallest absolute Gasteiger partial charge is 0.262 e. The van der Waals surface area contributed by atoms with Gasteiger partial charge in [0.1, 0.15) is 11.9 Å². The number of nitrogens with zero attached hydrogens (tertiary/aromatic N) is 2. The van der Waals surface area contributed by atoms with Crippen LogP contribution in [0.4, 0.5) is 17.1 Å². The molecule has 1 fully saturated rings. The van der Waals surface area contributed by atoms with Crippen molar-refractivity contribution in [3.8, 4) is 5.75 Å². The van der Waals surface area contributed by atoms with E-state index in [0.29, 0.717) is 11.3 Å². The highest BCUT2D eigenvalue weighted by atomic mass is 16.5. The van der Waals surface area contributed by atoms with Crippen LogP contribution in [0.25, 0.3) is 0 Å². The number of fused-ring (bicyclic) bond motifs is 1. The molecule has 1 N–H and O–H groups in total. The fraction of sp³-hybridized carbons (Fsp3) is 0.240. The third-order valence-electron chi connectivity index (χ3n) is 5.86. The topological polar surface area (TPSA) is 54.0 Å². The van der Waals surface area contributed by atoms with E-state index in [4.69, 9.17) is 9.47 Å². The first-order valence-corrected chi connectivity index (χ1v) is 10.5. The van der Waals surface area contributed by atoms with E-state index >= 15 is 0 Å². The van der Waals surface area contributed by atoms with Gasteiger partial charge >= 0.3 is 0 Å². The Labute approximate surface area is 182 Å². The SMILES string of the molecule is COc1ccccc1N1C(=O)c2ccccc2N[C@H]1c1ccc(N2CCOCC2)cc1. The van der Waals surface area contributed by atoms with Crippen LogP contribution in [0, 0.1) is 0 Å². The molecule has 0 aliphatic carbocycles. The lowest BCUT2D eigenvalue weighted by Crippen LogP contribution is -2.43. The molecular formula is C25H25N3O3. The van der Waals surface area contributed by atoms with Gasteiger partial charge in [0.2, 0.25) is 0 Å². The van der Waals surface area contributed by atoms with Gasteiger partial charge in [-0.25, -0.2) is 0 Å². The van der Waals surface area contributed by atoms with Crippen molar-refractivity contribution in [2.75, 3.05) is 48.5 Å². The molecule has 31 heavy (non-hydrogen) atoms. The van der Waals surface area contributed by atoms with Gasteiger partial charge in [-0.15, -0.1) is 0 Å². The van der Waals surface area contributed by atoms with Gasteiger partial charge in [-0.05, 0) is 42.0 Å². The molecule has 1 atom stereocenters. The maximum atomic E-state index is 13.6. The first-order valence-electron chi connectivity index (χ1n) is 10.5. The van der Waals surface area contributed by atoms with Crippen LogP contribution >= 0.6 is 0 Å². The third-order valence-corrected chi connectivity index (χ3v) is 5.86. The van der Waals surface area contributed by atoms with E-state index in [0.717, 1.165) is 43.2 Å². The second kappa shape index (κ2) is 8.32. The van der Waals surface area contributed by atoms with Crippen molar-refractivity contribution < 1.29 is 14.3 Å². The van der Waals surface area contributed by atoms with Crippen LogP contribution in [-0.2, 0) is 4.74 Å². The van der Waals surface area contributed by atoms with E-state index in [1.165, 1.54) is 5.69 Å². The number of anilines is 3. The van der Waals surface area contributed by atoms with E-state index in [9.17, 15) is 4.79 Å². The van der Waals surface area contributed by atoms with Crippen LogP contribution in [-0.4, -0.2) is 39.3 Å². The Morgan fingerprint density at radius 1 is 0.935 bits per heavy atom. The first kappa shape index (κ1) is 19.5. The number of para-hydroxylation sites is 3. The van der Waals surface area contributed by atoms with Crippen molar-refractivity contribution >= 4 is 23.0 Å². The lowest BCUT2D eigenvalue weighted by atomic mass is 10.0. The molecule has 5 rings (SSSR count). The molecule has 2 aliphatic rings. The standard InChI is InChI=1S/C25H25N3O3/c1-30-23-9-5-4-8-22(23)28-24(26-21-7-3-2-6-20(21)25(28)29)18-10-12-19(13-11-18)27-14-16-31-17-15-27/h2-13,24,26H,14-17H2,1H3/t24-/m1/s1. The number of hydrogen-bond donors (Lipinski definition) is 1. The van der Waals surface area contributed by atoms with Crippen molar-refractivity contribution in [3.63, 3.8) is 0 Å². The van der Waals surface area contributed by atoms with Gasteiger partial charge < -0.3 is 19.7 Å². The quantitative estimate of drug-likeness (QED) is 0.689. The van der Waals surface area contributed by atoms with Gasteiger partial charge in [0.25, 0.3) is 5.91 Å². The third kappa shape index (κ3) is 3.59. The molecule has 0 aromatic heterocycles. The molecule has 6 heteroatoms. The lowest BCUT2D eigenvalue weighted by Gasteiger charge is -2.38. The second-order valence-electron chi connectivity index (χ2n) is 7.63. The minimum atomic E-state index is -0.350. The molecule has 2 heterocycles. The van der Waals surface area contributed by atoms with Gasteiger partial charge in [0.15, 0.2) is 0 Å². The molecule has 0 radical (unpaired) electrons. The summed E-state index contributed by atoms with van der Waals surface area (Å²) >= 11 is 0. The number of morpholine rings is 1. The Hall–Kier alpha value is -3.51. The largest absolute Gasteiger partial charge is 0.495 e. The number of amides is 1. The average molecular weight is 415 g/mol. The van der Waals surface area contributed by atoms with Crippen LogP contribution in [0.1, 0.15) is 22.1 Å². The van der Waals surface area contributed by atoms with Gasteiger partial charge in [0, 0.05) is 24.5 Å². The Morgan fingerprint density at radius 2 is 1.65 bits per heavy atom. The maximum absolute atomic E-state index is 13.6. The number of nitrogens with one attached hydrogen (secondary N) is 1. The molecule has 0 unspecified atom stereocenters. The summed E-state index contributed by atoms with van der Waals surface area (Å²) in [6.07, 6.45) is -0.350. The predicted octanol–water partition coefficient (Wildman–Crippen LogP) is 4.30. The highest BCUT2D eigenvalue weighted by Gasteiger charge is 2.35. The summed E-state index contributed by atoms with van der Waals surface area (Å²) in [4.78, 5) is 17.7. The first-order chi connectivity index (χ1) is 15.3. The predicted molar refractivity (Wildman–Crippen MR) is 122 cm³/mol. The number of carbonyl (C=O) groups excluding carboxylic acids is 1. The Morgan fingerprint density at radius 3 is 2.42 bits per heavy atom. The monoisotopic (exact) mass is 415 g/mol. The number of ether oxygens (including phenoxy) is 2. The number of benzene rings is 3. The highest BCUT2D eigenvalue weighted by Crippen LogP contribution is 2.40. The molecule has 0 saturated carbocycles. The summed E-state index contributed by atoms with van der Waals surface area (Å²) in [5, 5.41) is 3.56. The highest BCUT2D eigenvalue weighted by molar-refractivity contribution is 6.12. The van der Waals surface area contributed by atoms with E-state index in [1.807, 2.05) is 48.5 Å². The van der Waals surface area contributed by atoms with Crippen LogP contribution in [0.15, 0.2) is 72.8 Å². The average Bonchev–Trinajstić information content (AvgIpc) is 2.85. The Kier molecular flexibility index (Phi) is 5.22. The number of carbonyl (C=O) groups is 1. The lowest BCUT2D eigenvalue weighted by molar-refractivity contribution is 0.0974. The van der Waals surface area contributed by atoms with Crippen molar-refractivity contribution in [1.29, 1.82) is 0 Å². The molecule has 0 bridgehead atoms. The van der Waals surface area contributed by atoms with Gasteiger partial charge in [-0.2, -0.15) is 0 Å². The Balaban J connectivity index is 1.55. The number of methoxy groups -OCH3 is 1. The second-order valence-corrected chi connectivity index (χ2v) is 7.63. The number of rotatable bonds is 4. The molecule has 3 aromatic carbocycles. The van der Waals surface area contributed by atoms with E-state index in [1.54, 1.807) is 12.0 Å². The van der Waals surface area contributed by atoms with E-state index in [2.05, 4.69) is 34.5 Å². The molecule has 2 aliphatic heterocycles. The van der Waals surface area contributed by atoms with Gasteiger partial charge in [0.05, 0.1) is 31.6 Å². The van der Waals surface area contributed by atoms with Gasteiger partial charge in [-0.3, -0.25) is 9.69 Å². The van der Waals surface area contributed by atoms with Crippen molar-refractivity contribution in [2.45, 2.75) is 6.17 Å². The van der Waals surface area contributed by atoms with Gasteiger partial charge in [-0.1, -0.05) is 36.4 Å². The van der Waals surface area contributed by atoms with Crippen LogP contribution < -0.4 is 19.9 Å². The molecule has 1 amide bonds. The zero-order valence-corrected chi connectivity index (χ0v) is 17.5. The van der Waals surface area contributed by atoms with E-state index in [-0.39, 0.29) is 12.1 Å². The molecule has 1 saturated heterocycles. The summed E-state index contributed by atoms with van der Waals surface area (Å²) in [7, 11) is 1.63. The Bertz CT molecular complexity index is 1080. The zero-order chi connectivity index (χ0) is 21.2. The minimum absolute atomic E-state index is 0.0545. The van der Waals surface area contributed by atoms with E-state index < -0.39 is 0 Å². The summed E-state index contributed by atoms with van der Waals surface area (Å²) in [6, 6.07) is 23.7. The minimum Gasteiger partial charge on any atom is -0.495 e. The van der Waals surface area contributed by atoms with Crippen molar-refractivity contribution in [1.82, 2.24) is 0 Å². The molecular weight excluding hydrogens is 390 g/mol.